The predicted octanol–water partition coefficient (Wildman–Crippen LogP) is 3.91. The molecule has 0 radical (unpaired) electrons. The largest absolute Gasteiger partial charge is 0.489 e. The zero-order chi connectivity index (χ0) is 14.4. The highest BCUT2D eigenvalue weighted by atomic mass is 16.5. The van der Waals surface area contributed by atoms with Gasteiger partial charge in [-0.25, -0.2) is 0 Å². The number of hydrogen-bond acceptors (Lipinski definition) is 4. The molecule has 0 saturated carbocycles. The molecule has 0 N–H and O–H groups in total. The Morgan fingerprint density at radius 2 is 1.90 bits per heavy atom. The highest BCUT2D eigenvalue weighted by Gasteiger charge is 2.09. The lowest BCUT2D eigenvalue weighted by Crippen LogP contribution is -1.98. The minimum absolute atomic E-state index is 0.441. The molecular weight excluding hydrogens is 252 g/mol. The number of nitrogens with zero attached hydrogens (tertiary/aromatic N) is 2. The van der Waals surface area contributed by atoms with Gasteiger partial charge in [0.2, 0.25) is 6.04 Å². The molecule has 100 valence electrons. The van der Waals surface area contributed by atoms with E-state index in [-0.39, 0.29) is 0 Å². The van der Waals surface area contributed by atoms with E-state index in [9.17, 15) is 4.91 Å². The van der Waals surface area contributed by atoms with Gasteiger partial charge < -0.3 is 4.74 Å². The first-order valence-electron chi connectivity index (χ1n) is 6.24. The van der Waals surface area contributed by atoms with Crippen molar-refractivity contribution in [3.63, 3.8) is 0 Å². The number of nitroso groups, excluding NO2 is 1. The Morgan fingerprint density at radius 1 is 1.20 bits per heavy atom. The fourth-order valence-electron chi connectivity index (χ4n) is 1.83. The van der Waals surface area contributed by atoms with Gasteiger partial charge in [-0.3, -0.25) is 0 Å². The highest BCUT2D eigenvalue weighted by molar-refractivity contribution is 5.33. The number of hydrogen-bond donors (Lipinski definition) is 0. The molecule has 0 amide bonds. The van der Waals surface area contributed by atoms with Crippen LogP contribution in [0.1, 0.15) is 22.7 Å². The number of benzene rings is 2. The summed E-state index contributed by atoms with van der Waals surface area (Å²) in [5.74, 6) is 0.848. The third kappa shape index (κ3) is 3.21. The van der Waals surface area contributed by atoms with E-state index in [4.69, 9.17) is 10.00 Å². The second-order valence-electron chi connectivity index (χ2n) is 4.43. The molecule has 2 aromatic rings. The average molecular weight is 266 g/mol. The van der Waals surface area contributed by atoms with E-state index in [1.807, 2.05) is 49.4 Å². The van der Waals surface area contributed by atoms with Crippen LogP contribution < -0.4 is 4.74 Å². The number of rotatable bonds is 5. The summed E-state index contributed by atoms with van der Waals surface area (Å²) < 4.78 is 5.73. The fourth-order valence-corrected chi connectivity index (χ4v) is 1.83. The summed E-state index contributed by atoms with van der Waals surface area (Å²) in [5.41, 5.74) is 2.65. The Balaban J connectivity index is 2.03. The summed E-state index contributed by atoms with van der Waals surface area (Å²) in [4.78, 5) is 10.5. The van der Waals surface area contributed by atoms with Crippen molar-refractivity contribution in [1.29, 1.82) is 5.26 Å². The van der Waals surface area contributed by atoms with Gasteiger partial charge in [0.15, 0.2) is 0 Å². The van der Waals surface area contributed by atoms with Gasteiger partial charge in [-0.15, -0.1) is 4.91 Å². The SMILES string of the molecule is Cc1ccccc1OCc1ccc(C(C#N)N=O)cc1. The maximum atomic E-state index is 10.5. The zero-order valence-corrected chi connectivity index (χ0v) is 11.1. The number of aryl methyl sites for hydroxylation is 1. The van der Waals surface area contributed by atoms with E-state index in [2.05, 4.69) is 5.18 Å². The third-order valence-corrected chi connectivity index (χ3v) is 3.01. The second kappa shape index (κ2) is 6.48. The van der Waals surface area contributed by atoms with E-state index in [0.29, 0.717) is 12.2 Å². The fraction of sp³-hybridized carbons (Fsp3) is 0.188. The smallest absolute Gasteiger partial charge is 0.203 e. The average Bonchev–Trinajstić information content (AvgIpc) is 2.49. The van der Waals surface area contributed by atoms with Crippen molar-refractivity contribution in [2.45, 2.75) is 19.6 Å². The molecule has 0 fully saturated rings. The van der Waals surface area contributed by atoms with Gasteiger partial charge in [0.1, 0.15) is 12.4 Å². The van der Waals surface area contributed by atoms with Crippen LogP contribution in [0.2, 0.25) is 0 Å². The van der Waals surface area contributed by atoms with E-state index < -0.39 is 6.04 Å². The number of para-hydroxylation sites is 1. The van der Waals surface area contributed by atoms with Crippen LogP contribution in [-0.2, 0) is 6.61 Å². The minimum Gasteiger partial charge on any atom is -0.489 e. The van der Waals surface area contributed by atoms with Crippen LogP contribution in [0.3, 0.4) is 0 Å². The molecule has 0 bridgehead atoms. The lowest BCUT2D eigenvalue weighted by molar-refractivity contribution is 0.304. The zero-order valence-electron chi connectivity index (χ0n) is 11.1. The molecule has 4 nitrogen and oxygen atoms in total. The highest BCUT2D eigenvalue weighted by Crippen LogP contribution is 2.20. The summed E-state index contributed by atoms with van der Waals surface area (Å²) in [6, 6.07) is 15.8. The van der Waals surface area contributed by atoms with E-state index in [1.54, 1.807) is 12.1 Å². The van der Waals surface area contributed by atoms with Crippen LogP contribution in [0.15, 0.2) is 53.7 Å². The van der Waals surface area contributed by atoms with Crippen molar-refractivity contribution in [3.8, 4) is 11.8 Å². The molecule has 1 unspecified atom stereocenters. The lowest BCUT2D eigenvalue weighted by atomic mass is 10.1. The number of nitriles is 1. The maximum Gasteiger partial charge on any atom is 0.203 e. The molecule has 0 spiro atoms. The predicted molar refractivity (Wildman–Crippen MR) is 76.1 cm³/mol. The Hall–Kier alpha value is -2.67. The molecule has 20 heavy (non-hydrogen) atoms. The molecule has 0 aromatic heterocycles. The summed E-state index contributed by atoms with van der Waals surface area (Å²) in [6.45, 7) is 2.43. The topological polar surface area (TPSA) is 62.4 Å². The van der Waals surface area contributed by atoms with Crippen LogP contribution in [-0.4, -0.2) is 0 Å². The monoisotopic (exact) mass is 266 g/mol. The first-order chi connectivity index (χ1) is 9.74. The van der Waals surface area contributed by atoms with Crippen LogP contribution in [0.25, 0.3) is 0 Å². The van der Waals surface area contributed by atoms with Crippen molar-refractivity contribution in [2.75, 3.05) is 0 Å². The van der Waals surface area contributed by atoms with Crippen LogP contribution >= 0.6 is 0 Å². The molecule has 1 atom stereocenters. The molecule has 0 heterocycles. The molecule has 4 heteroatoms. The van der Waals surface area contributed by atoms with E-state index >= 15 is 0 Å². The molecular formula is C16H14N2O2. The molecule has 0 aliphatic rings. The first-order valence-corrected chi connectivity index (χ1v) is 6.24. The van der Waals surface area contributed by atoms with Gasteiger partial charge in [-0.05, 0) is 34.9 Å². The van der Waals surface area contributed by atoms with Crippen molar-refractivity contribution in [1.82, 2.24) is 0 Å². The molecule has 0 saturated heterocycles. The van der Waals surface area contributed by atoms with Gasteiger partial charge in [-0.1, -0.05) is 42.5 Å². The molecule has 0 aliphatic heterocycles. The summed E-state index contributed by atoms with van der Waals surface area (Å²) >= 11 is 0. The summed E-state index contributed by atoms with van der Waals surface area (Å²) in [6.07, 6.45) is 0. The number of ether oxygens (including phenoxy) is 1. The van der Waals surface area contributed by atoms with Gasteiger partial charge in [-0.2, -0.15) is 5.26 Å². The van der Waals surface area contributed by atoms with Crippen molar-refractivity contribution in [3.05, 3.63) is 70.1 Å². The van der Waals surface area contributed by atoms with E-state index in [0.717, 1.165) is 16.9 Å². The lowest BCUT2D eigenvalue weighted by Gasteiger charge is -2.09. The van der Waals surface area contributed by atoms with Crippen molar-refractivity contribution >= 4 is 0 Å². The van der Waals surface area contributed by atoms with Gasteiger partial charge >= 0.3 is 0 Å². The van der Waals surface area contributed by atoms with Gasteiger partial charge in [0.05, 0.1) is 6.07 Å². The summed E-state index contributed by atoms with van der Waals surface area (Å²) in [5, 5.41) is 11.5. The van der Waals surface area contributed by atoms with Crippen LogP contribution in [0.5, 0.6) is 5.75 Å². The van der Waals surface area contributed by atoms with Gasteiger partial charge in [0.25, 0.3) is 0 Å². The Morgan fingerprint density at radius 3 is 2.50 bits per heavy atom. The van der Waals surface area contributed by atoms with E-state index in [1.165, 1.54) is 0 Å². The first kappa shape index (κ1) is 13.8. The summed E-state index contributed by atoms with van der Waals surface area (Å²) in [7, 11) is 0. The van der Waals surface area contributed by atoms with Crippen molar-refractivity contribution < 1.29 is 4.74 Å². The molecule has 2 aromatic carbocycles. The second-order valence-corrected chi connectivity index (χ2v) is 4.43. The Labute approximate surface area is 117 Å². The third-order valence-electron chi connectivity index (χ3n) is 3.01. The van der Waals surface area contributed by atoms with Gasteiger partial charge in [0, 0.05) is 0 Å². The minimum atomic E-state index is -0.943. The van der Waals surface area contributed by atoms with Crippen LogP contribution in [0.4, 0.5) is 0 Å². The van der Waals surface area contributed by atoms with Crippen molar-refractivity contribution in [2.24, 2.45) is 5.18 Å². The molecule has 2 rings (SSSR count). The quantitative estimate of drug-likeness (QED) is 0.771. The maximum absolute atomic E-state index is 10.5. The van der Waals surface area contributed by atoms with Crippen LogP contribution in [0, 0.1) is 23.2 Å². The molecule has 0 aliphatic carbocycles. The Bertz CT molecular complexity index is 630. The standard InChI is InChI=1S/C16H14N2O2/c1-12-4-2-3-5-16(12)20-11-13-6-8-14(9-7-13)15(10-17)18-19/h2-9,15H,11H2,1H3. The normalized spacial score (nSPS) is 11.4. The Kier molecular flexibility index (Phi) is 4.46.